The molecule has 2 aromatic rings. The highest BCUT2D eigenvalue weighted by molar-refractivity contribution is 5.83. The number of nitrogens with one attached hydrogen (secondary N) is 2. The van der Waals surface area contributed by atoms with Gasteiger partial charge < -0.3 is 15.5 Å². The van der Waals surface area contributed by atoms with Crippen LogP contribution in [0, 0.1) is 0 Å². The van der Waals surface area contributed by atoms with Crippen molar-refractivity contribution in [3.8, 4) is 0 Å². The first kappa shape index (κ1) is 18.5. The summed E-state index contributed by atoms with van der Waals surface area (Å²) in [5, 5.41) is 5.47. The van der Waals surface area contributed by atoms with Crippen LogP contribution in [0.15, 0.2) is 60.7 Å². The third-order valence-corrected chi connectivity index (χ3v) is 4.42. The number of hydrogen-bond donors (Lipinski definition) is 2. The number of nitrogens with zero attached hydrogens (tertiary/aromatic N) is 1. The van der Waals surface area contributed by atoms with E-state index in [1.165, 1.54) is 4.90 Å². The number of carbonyl (C=O) groups is 2. The van der Waals surface area contributed by atoms with E-state index in [2.05, 4.69) is 41.8 Å². The Morgan fingerprint density at radius 3 is 1.88 bits per heavy atom. The Labute approximate surface area is 149 Å². The molecule has 0 aliphatic heterocycles. The lowest BCUT2D eigenvalue weighted by atomic mass is 9.76. The van der Waals surface area contributed by atoms with Crippen LogP contribution in [0.2, 0.25) is 0 Å². The van der Waals surface area contributed by atoms with Crippen LogP contribution >= 0.6 is 0 Å². The second kappa shape index (κ2) is 8.33. The molecule has 5 heteroatoms. The molecular weight excluding hydrogens is 314 g/mol. The predicted molar refractivity (Wildman–Crippen MR) is 99.4 cm³/mol. The van der Waals surface area contributed by atoms with Crippen molar-refractivity contribution in [2.24, 2.45) is 0 Å². The molecule has 0 saturated carbocycles. The molecule has 0 saturated heterocycles. The zero-order chi connectivity index (χ0) is 18.3. The summed E-state index contributed by atoms with van der Waals surface area (Å²) in [6.07, 6.45) is 0. The summed E-state index contributed by atoms with van der Waals surface area (Å²) in [5.74, 6) is -0.202. The summed E-state index contributed by atoms with van der Waals surface area (Å²) in [6, 6.07) is 19.9. The largest absolute Gasteiger partial charge is 0.358 e. The van der Waals surface area contributed by atoms with E-state index < -0.39 is 0 Å². The summed E-state index contributed by atoms with van der Waals surface area (Å²) in [6.45, 7) is 2.56. The van der Waals surface area contributed by atoms with Gasteiger partial charge in [0.05, 0.1) is 0 Å². The van der Waals surface area contributed by atoms with Crippen molar-refractivity contribution < 1.29 is 9.59 Å². The highest BCUT2D eigenvalue weighted by Gasteiger charge is 2.29. The maximum absolute atomic E-state index is 12.3. The molecule has 2 N–H and O–H groups in total. The van der Waals surface area contributed by atoms with E-state index in [9.17, 15) is 9.59 Å². The van der Waals surface area contributed by atoms with Gasteiger partial charge in [-0.25, -0.2) is 4.79 Å². The van der Waals surface area contributed by atoms with Gasteiger partial charge in [-0.3, -0.25) is 4.79 Å². The first-order chi connectivity index (χ1) is 12.0. The number of benzene rings is 2. The van der Waals surface area contributed by atoms with Gasteiger partial charge in [0.25, 0.3) is 0 Å². The Balaban J connectivity index is 2.18. The Morgan fingerprint density at radius 2 is 1.44 bits per heavy atom. The van der Waals surface area contributed by atoms with E-state index in [0.29, 0.717) is 6.54 Å². The maximum atomic E-state index is 12.3. The normalized spacial score (nSPS) is 10.8. The minimum Gasteiger partial charge on any atom is -0.358 e. The number of likely N-dealkylation sites (N-methyl/N-ethyl adjacent to an activating group) is 2. The van der Waals surface area contributed by atoms with E-state index in [4.69, 9.17) is 0 Å². The third-order valence-electron chi connectivity index (χ3n) is 4.42. The molecule has 0 aliphatic carbocycles. The molecule has 25 heavy (non-hydrogen) atoms. The van der Waals surface area contributed by atoms with Gasteiger partial charge in [0.1, 0.15) is 6.54 Å². The fourth-order valence-electron chi connectivity index (χ4n) is 2.74. The van der Waals surface area contributed by atoms with Gasteiger partial charge in [-0.2, -0.15) is 0 Å². The van der Waals surface area contributed by atoms with Crippen LogP contribution in [-0.4, -0.2) is 44.0 Å². The van der Waals surface area contributed by atoms with Crippen molar-refractivity contribution in [3.05, 3.63) is 71.8 Å². The number of rotatable bonds is 6. The second-order valence-corrected chi connectivity index (χ2v) is 6.25. The molecule has 0 heterocycles. The Bertz CT molecular complexity index is 662. The molecule has 132 valence electrons. The minimum atomic E-state index is -0.369. The highest BCUT2D eigenvalue weighted by atomic mass is 16.2. The molecule has 0 aliphatic rings. The monoisotopic (exact) mass is 339 g/mol. The van der Waals surface area contributed by atoms with Gasteiger partial charge in [-0.1, -0.05) is 60.7 Å². The SMILES string of the molecule is CNC(=O)CN(C)C(=O)NCC(C)(c1ccccc1)c1ccccc1. The van der Waals surface area contributed by atoms with Gasteiger partial charge in [-0.05, 0) is 18.1 Å². The second-order valence-electron chi connectivity index (χ2n) is 6.25. The molecule has 3 amide bonds. The van der Waals surface area contributed by atoms with E-state index in [-0.39, 0.29) is 23.9 Å². The van der Waals surface area contributed by atoms with Crippen molar-refractivity contribution in [3.63, 3.8) is 0 Å². The van der Waals surface area contributed by atoms with Crippen LogP contribution < -0.4 is 10.6 Å². The van der Waals surface area contributed by atoms with Crippen LogP contribution in [0.1, 0.15) is 18.1 Å². The standard InChI is InChI=1S/C20H25N3O2/c1-20(16-10-6-4-7-11-16,17-12-8-5-9-13-17)15-22-19(25)23(3)14-18(24)21-2/h4-13H,14-15H2,1-3H3,(H,21,24)(H,22,25). The van der Waals surface area contributed by atoms with Crippen LogP contribution in [0.3, 0.4) is 0 Å². The van der Waals surface area contributed by atoms with Crippen molar-refractivity contribution in [2.75, 3.05) is 27.2 Å². The van der Waals surface area contributed by atoms with Crippen LogP contribution in [0.5, 0.6) is 0 Å². The predicted octanol–water partition coefficient (Wildman–Crippen LogP) is 2.38. The molecule has 0 radical (unpaired) electrons. The number of amides is 3. The number of hydrogen-bond acceptors (Lipinski definition) is 2. The molecule has 0 bridgehead atoms. The topological polar surface area (TPSA) is 61.4 Å². The van der Waals surface area contributed by atoms with Crippen LogP contribution in [0.4, 0.5) is 4.79 Å². The lowest BCUT2D eigenvalue weighted by Gasteiger charge is -2.32. The third kappa shape index (κ3) is 4.59. The molecule has 2 aromatic carbocycles. The molecule has 0 fully saturated rings. The Kier molecular flexibility index (Phi) is 6.17. The lowest BCUT2D eigenvalue weighted by Crippen LogP contribution is -2.47. The zero-order valence-electron chi connectivity index (χ0n) is 15.0. The molecule has 2 rings (SSSR count). The summed E-state index contributed by atoms with van der Waals surface area (Å²) in [7, 11) is 3.16. The van der Waals surface area contributed by atoms with Gasteiger partial charge in [0, 0.05) is 26.1 Å². The van der Waals surface area contributed by atoms with Gasteiger partial charge in [-0.15, -0.1) is 0 Å². The van der Waals surface area contributed by atoms with Gasteiger partial charge in [0.2, 0.25) is 5.91 Å². The Morgan fingerprint density at radius 1 is 0.960 bits per heavy atom. The molecular formula is C20H25N3O2. The highest BCUT2D eigenvalue weighted by Crippen LogP contribution is 2.31. The van der Waals surface area contributed by atoms with E-state index in [0.717, 1.165) is 11.1 Å². The average molecular weight is 339 g/mol. The quantitative estimate of drug-likeness (QED) is 0.849. The molecule has 0 atom stereocenters. The lowest BCUT2D eigenvalue weighted by molar-refractivity contribution is -0.120. The fourth-order valence-corrected chi connectivity index (χ4v) is 2.74. The fraction of sp³-hybridized carbons (Fsp3) is 0.300. The van der Waals surface area contributed by atoms with Crippen LogP contribution in [0.25, 0.3) is 0 Å². The van der Waals surface area contributed by atoms with Gasteiger partial charge >= 0.3 is 6.03 Å². The first-order valence-electron chi connectivity index (χ1n) is 8.28. The maximum Gasteiger partial charge on any atom is 0.317 e. The van der Waals surface area contributed by atoms with Crippen molar-refractivity contribution in [1.82, 2.24) is 15.5 Å². The first-order valence-corrected chi connectivity index (χ1v) is 8.28. The molecule has 0 aromatic heterocycles. The number of urea groups is 1. The van der Waals surface area contributed by atoms with E-state index in [1.54, 1.807) is 14.1 Å². The van der Waals surface area contributed by atoms with Crippen LogP contribution in [-0.2, 0) is 10.2 Å². The van der Waals surface area contributed by atoms with Crippen molar-refractivity contribution in [2.45, 2.75) is 12.3 Å². The summed E-state index contributed by atoms with van der Waals surface area (Å²) >= 11 is 0. The smallest absolute Gasteiger partial charge is 0.317 e. The molecule has 0 unspecified atom stereocenters. The average Bonchev–Trinajstić information content (AvgIpc) is 2.67. The Hall–Kier alpha value is -2.82. The summed E-state index contributed by atoms with van der Waals surface area (Å²) < 4.78 is 0. The van der Waals surface area contributed by atoms with E-state index >= 15 is 0 Å². The zero-order valence-corrected chi connectivity index (χ0v) is 15.0. The summed E-state index contributed by atoms with van der Waals surface area (Å²) in [5.41, 5.74) is 1.87. The minimum absolute atomic E-state index is 0.0235. The van der Waals surface area contributed by atoms with Gasteiger partial charge in [0.15, 0.2) is 0 Å². The van der Waals surface area contributed by atoms with Crippen molar-refractivity contribution >= 4 is 11.9 Å². The van der Waals surface area contributed by atoms with Crippen molar-refractivity contribution in [1.29, 1.82) is 0 Å². The molecule has 5 nitrogen and oxygen atoms in total. The summed E-state index contributed by atoms with van der Waals surface area (Å²) in [4.78, 5) is 25.1. The van der Waals surface area contributed by atoms with E-state index in [1.807, 2.05) is 36.4 Å². The number of carbonyl (C=O) groups excluding carboxylic acids is 2. The molecule has 0 spiro atoms.